The lowest BCUT2D eigenvalue weighted by molar-refractivity contribution is -0.0951. The monoisotopic (exact) mass is 398 g/mol. The molecule has 0 saturated carbocycles. The standard InChI is InChI=1S/C20H25F3N2OS/c1-5-7-10-17(20(21,22)23)25-19(24-12-15-9-8-11-26-15)18-14(4)13(3)16(6-2)27-18/h8-11H,5-7,12H2,1-4H3,(H,24,25)/b17-10+. The molecule has 27 heavy (non-hydrogen) atoms. The topological polar surface area (TPSA) is 37.5 Å². The number of aliphatic imine (C=N–C) groups is 1. The van der Waals surface area contributed by atoms with Crippen molar-refractivity contribution < 1.29 is 17.6 Å². The van der Waals surface area contributed by atoms with E-state index in [1.807, 2.05) is 27.7 Å². The number of aryl methyl sites for hydroxylation is 1. The van der Waals surface area contributed by atoms with Crippen LogP contribution in [0.1, 0.15) is 53.3 Å². The van der Waals surface area contributed by atoms with Gasteiger partial charge in [-0.2, -0.15) is 13.2 Å². The van der Waals surface area contributed by atoms with E-state index in [2.05, 4.69) is 10.3 Å². The third-order valence-corrected chi connectivity index (χ3v) is 5.80. The van der Waals surface area contributed by atoms with E-state index in [0.717, 1.165) is 27.3 Å². The van der Waals surface area contributed by atoms with Crippen molar-refractivity contribution in [1.29, 1.82) is 0 Å². The van der Waals surface area contributed by atoms with E-state index >= 15 is 0 Å². The van der Waals surface area contributed by atoms with Gasteiger partial charge in [-0.1, -0.05) is 26.3 Å². The van der Waals surface area contributed by atoms with Gasteiger partial charge in [0.1, 0.15) is 17.3 Å². The Bertz CT molecular complexity index is 802. The van der Waals surface area contributed by atoms with Crippen LogP contribution in [-0.2, 0) is 13.0 Å². The van der Waals surface area contributed by atoms with E-state index < -0.39 is 11.9 Å². The van der Waals surface area contributed by atoms with E-state index in [1.165, 1.54) is 23.7 Å². The molecule has 0 aromatic carbocycles. The third kappa shape index (κ3) is 5.48. The molecule has 0 saturated heterocycles. The Morgan fingerprint density at radius 2 is 2.00 bits per heavy atom. The van der Waals surface area contributed by atoms with Crippen LogP contribution in [0, 0.1) is 13.8 Å². The molecule has 1 N–H and O–H groups in total. The summed E-state index contributed by atoms with van der Waals surface area (Å²) in [5.41, 5.74) is 1.29. The smallest absolute Gasteiger partial charge is 0.430 e. The Kier molecular flexibility index (Phi) is 7.30. The van der Waals surface area contributed by atoms with E-state index in [0.29, 0.717) is 18.6 Å². The van der Waals surface area contributed by atoms with Gasteiger partial charge in [0.15, 0.2) is 0 Å². The van der Waals surface area contributed by atoms with Crippen LogP contribution < -0.4 is 5.32 Å². The molecule has 0 aliphatic rings. The molecule has 0 atom stereocenters. The van der Waals surface area contributed by atoms with Crippen LogP contribution >= 0.6 is 11.3 Å². The van der Waals surface area contributed by atoms with Crippen molar-refractivity contribution >= 4 is 17.2 Å². The maximum Gasteiger partial charge on any atom is 0.430 e. The molecule has 3 nitrogen and oxygen atoms in total. The zero-order chi connectivity index (χ0) is 20.0. The van der Waals surface area contributed by atoms with Gasteiger partial charge in [0, 0.05) is 4.88 Å². The molecule has 0 amide bonds. The lowest BCUT2D eigenvalue weighted by Crippen LogP contribution is -2.32. The molecule has 0 aliphatic carbocycles. The van der Waals surface area contributed by atoms with Gasteiger partial charge in [-0.05, 0) is 49.9 Å². The lowest BCUT2D eigenvalue weighted by atomic mass is 10.1. The van der Waals surface area contributed by atoms with E-state index in [9.17, 15) is 13.2 Å². The lowest BCUT2D eigenvalue weighted by Gasteiger charge is -2.16. The van der Waals surface area contributed by atoms with E-state index in [-0.39, 0.29) is 12.4 Å². The first-order valence-electron chi connectivity index (χ1n) is 8.98. The zero-order valence-electron chi connectivity index (χ0n) is 16.0. The van der Waals surface area contributed by atoms with Gasteiger partial charge in [-0.3, -0.25) is 4.99 Å². The summed E-state index contributed by atoms with van der Waals surface area (Å²) in [5.74, 6) is 0.832. The Labute approximate surface area is 162 Å². The van der Waals surface area contributed by atoms with Crippen molar-refractivity contribution in [2.75, 3.05) is 0 Å². The number of alkyl halides is 3. The summed E-state index contributed by atoms with van der Waals surface area (Å²) in [6.45, 7) is 7.98. The molecule has 7 heteroatoms. The number of unbranched alkanes of at least 4 members (excludes halogenated alkanes) is 1. The van der Waals surface area contributed by atoms with Gasteiger partial charge in [0.2, 0.25) is 0 Å². The van der Waals surface area contributed by atoms with Crippen LogP contribution in [0.4, 0.5) is 13.2 Å². The molecule has 0 unspecified atom stereocenters. The molecule has 0 radical (unpaired) electrons. The number of rotatable bonds is 7. The van der Waals surface area contributed by atoms with Crippen molar-refractivity contribution in [3.05, 3.63) is 56.8 Å². The quantitative estimate of drug-likeness (QED) is 0.439. The van der Waals surface area contributed by atoms with E-state index in [4.69, 9.17) is 4.42 Å². The number of furan rings is 1. The number of nitrogens with one attached hydrogen (secondary N) is 1. The van der Waals surface area contributed by atoms with Gasteiger partial charge in [0.05, 0.1) is 17.7 Å². The van der Waals surface area contributed by atoms with Crippen LogP contribution in [0.15, 0.2) is 39.6 Å². The van der Waals surface area contributed by atoms with Crippen molar-refractivity contribution in [1.82, 2.24) is 5.32 Å². The number of amidine groups is 1. The van der Waals surface area contributed by atoms with Gasteiger partial charge >= 0.3 is 6.18 Å². The average molecular weight is 398 g/mol. The highest BCUT2D eigenvalue weighted by atomic mass is 32.1. The maximum atomic E-state index is 13.5. The first-order valence-corrected chi connectivity index (χ1v) is 9.79. The first-order chi connectivity index (χ1) is 12.8. The minimum Gasteiger partial charge on any atom is -0.467 e. The second-order valence-electron chi connectivity index (χ2n) is 6.23. The SMILES string of the molecule is CCC/C=C(/NC(=NCc1ccco1)c1sc(CC)c(C)c1C)C(F)(F)F. The highest BCUT2D eigenvalue weighted by molar-refractivity contribution is 7.14. The van der Waals surface area contributed by atoms with Crippen LogP contribution in [0.3, 0.4) is 0 Å². The van der Waals surface area contributed by atoms with Gasteiger partial charge in [0.25, 0.3) is 0 Å². The van der Waals surface area contributed by atoms with Crippen molar-refractivity contribution in [2.24, 2.45) is 4.99 Å². The Morgan fingerprint density at radius 3 is 2.52 bits per heavy atom. The second-order valence-corrected chi connectivity index (χ2v) is 7.34. The van der Waals surface area contributed by atoms with Crippen molar-refractivity contribution in [3.8, 4) is 0 Å². The van der Waals surface area contributed by atoms with Crippen molar-refractivity contribution in [3.63, 3.8) is 0 Å². The molecule has 2 aromatic rings. The molecule has 2 aromatic heterocycles. The summed E-state index contributed by atoms with van der Waals surface area (Å²) < 4.78 is 45.7. The number of hydrogen-bond donors (Lipinski definition) is 1. The summed E-state index contributed by atoms with van der Waals surface area (Å²) in [6, 6.07) is 3.48. The third-order valence-electron chi connectivity index (χ3n) is 4.25. The fourth-order valence-corrected chi connectivity index (χ4v) is 3.82. The molecule has 0 fully saturated rings. The molecule has 2 heterocycles. The highest BCUT2D eigenvalue weighted by Gasteiger charge is 2.35. The average Bonchev–Trinajstić information content (AvgIpc) is 3.23. The minimum absolute atomic E-state index is 0.173. The molecule has 2 rings (SSSR count). The number of nitrogens with zero attached hydrogens (tertiary/aromatic N) is 1. The molecule has 148 valence electrons. The normalized spacial score (nSPS) is 13.3. The number of allylic oxidation sites excluding steroid dienone is 2. The molecule has 0 aliphatic heterocycles. The fraction of sp³-hybridized carbons (Fsp3) is 0.450. The van der Waals surface area contributed by atoms with Crippen LogP contribution in [-0.4, -0.2) is 12.0 Å². The van der Waals surface area contributed by atoms with Gasteiger partial charge in [-0.25, -0.2) is 0 Å². The summed E-state index contributed by atoms with van der Waals surface area (Å²) in [5, 5.41) is 2.57. The summed E-state index contributed by atoms with van der Waals surface area (Å²) >= 11 is 1.49. The van der Waals surface area contributed by atoms with Gasteiger partial charge < -0.3 is 9.73 Å². The summed E-state index contributed by atoms with van der Waals surface area (Å²) in [7, 11) is 0. The van der Waals surface area contributed by atoms with E-state index in [1.54, 1.807) is 12.1 Å². The number of hydrogen-bond acceptors (Lipinski definition) is 3. The Balaban J connectivity index is 2.45. The maximum absolute atomic E-state index is 13.5. The Hall–Kier alpha value is -2.02. The predicted molar refractivity (Wildman–Crippen MR) is 104 cm³/mol. The molecular weight excluding hydrogens is 373 g/mol. The van der Waals surface area contributed by atoms with Crippen LogP contribution in [0.5, 0.6) is 0 Å². The molecule has 0 bridgehead atoms. The van der Waals surface area contributed by atoms with Gasteiger partial charge in [-0.15, -0.1) is 11.3 Å². The molecule has 0 spiro atoms. The predicted octanol–water partition coefficient (Wildman–Crippen LogP) is 6.30. The molecular formula is C20H25F3N2OS. The minimum atomic E-state index is -4.46. The first kappa shape index (κ1) is 21.3. The summed E-state index contributed by atoms with van der Waals surface area (Å²) in [6.07, 6.45) is 0.0666. The largest absolute Gasteiger partial charge is 0.467 e. The highest BCUT2D eigenvalue weighted by Crippen LogP contribution is 2.30. The fourth-order valence-electron chi connectivity index (χ4n) is 2.60. The second kappa shape index (κ2) is 9.26. The Morgan fingerprint density at radius 1 is 1.26 bits per heavy atom. The van der Waals surface area contributed by atoms with Crippen LogP contribution in [0.25, 0.3) is 0 Å². The zero-order valence-corrected chi connectivity index (χ0v) is 16.9. The summed E-state index contributed by atoms with van der Waals surface area (Å²) in [4.78, 5) is 6.32. The van der Waals surface area contributed by atoms with Crippen LogP contribution in [0.2, 0.25) is 0 Å². The number of thiophene rings is 1. The number of halogens is 3. The van der Waals surface area contributed by atoms with Crippen molar-refractivity contribution in [2.45, 2.75) is 59.7 Å².